The van der Waals surface area contributed by atoms with Gasteiger partial charge in [0, 0.05) is 12.1 Å². The maximum absolute atomic E-state index is 11.2. The largest absolute Gasteiger partial charge is 0.461 e. The summed E-state index contributed by atoms with van der Waals surface area (Å²) in [4.78, 5) is 11.2. The standard InChI is InChI=1S/C9H17NO2/c1-3-5-8(4-2)9(11)12-7-6-10/h5H,3-4,6-7,10H2,1-2H3. The van der Waals surface area contributed by atoms with Crippen molar-refractivity contribution in [3.8, 4) is 0 Å². The minimum atomic E-state index is -0.232. The second-order valence-electron chi connectivity index (χ2n) is 2.42. The zero-order valence-electron chi connectivity index (χ0n) is 7.80. The molecule has 0 unspecified atom stereocenters. The first kappa shape index (κ1) is 11.2. The molecule has 3 heteroatoms. The number of nitrogens with two attached hydrogens (primary N) is 1. The number of hydrogen-bond donors (Lipinski definition) is 1. The number of allylic oxidation sites excluding steroid dienone is 1. The molecular weight excluding hydrogens is 154 g/mol. The Hall–Kier alpha value is -0.830. The van der Waals surface area contributed by atoms with Gasteiger partial charge < -0.3 is 10.5 Å². The monoisotopic (exact) mass is 171 g/mol. The molecule has 0 radical (unpaired) electrons. The van der Waals surface area contributed by atoms with Crippen molar-refractivity contribution in [2.75, 3.05) is 13.2 Å². The van der Waals surface area contributed by atoms with Crippen molar-refractivity contribution in [3.63, 3.8) is 0 Å². The minimum Gasteiger partial charge on any atom is -0.461 e. The van der Waals surface area contributed by atoms with Crippen LogP contribution < -0.4 is 5.73 Å². The highest BCUT2D eigenvalue weighted by atomic mass is 16.5. The smallest absolute Gasteiger partial charge is 0.333 e. The molecule has 0 atom stereocenters. The molecular formula is C9H17NO2. The topological polar surface area (TPSA) is 52.3 Å². The first-order chi connectivity index (χ1) is 5.76. The Bertz CT molecular complexity index is 164. The van der Waals surface area contributed by atoms with E-state index < -0.39 is 0 Å². The Morgan fingerprint density at radius 2 is 2.17 bits per heavy atom. The van der Waals surface area contributed by atoms with Gasteiger partial charge in [-0.05, 0) is 12.8 Å². The van der Waals surface area contributed by atoms with Crippen LogP contribution in [-0.4, -0.2) is 19.1 Å². The molecule has 0 spiro atoms. The first-order valence-electron chi connectivity index (χ1n) is 4.32. The van der Waals surface area contributed by atoms with Crippen LogP contribution in [0.3, 0.4) is 0 Å². The molecule has 0 bridgehead atoms. The van der Waals surface area contributed by atoms with E-state index >= 15 is 0 Å². The van der Waals surface area contributed by atoms with Gasteiger partial charge in [0.05, 0.1) is 0 Å². The Morgan fingerprint density at radius 1 is 1.50 bits per heavy atom. The molecule has 12 heavy (non-hydrogen) atoms. The molecule has 0 aliphatic rings. The Labute approximate surface area is 73.6 Å². The van der Waals surface area contributed by atoms with E-state index in [-0.39, 0.29) is 5.97 Å². The number of rotatable bonds is 5. The van der Waals surface area contributed by atoms with Crippen molar-refractivity contribution in [3.05, 3.63) is 11.6 Å². The van der Waals surface area contributed by atoms with Crippen molar-refractivity contribution in [2.24, 2.45) is 5.73 Å². The molecule has 0 aliphatic carbocycles. The normalized spacial score (nSPS) is 11.4. The zero-order valence-corrected chi connectivity index (χ0v) is 7.80. The lowest BCUT2D eigenvalue weighted by Gasteiger charge is -2.04. The van der Waals surface area contributed by atoms with Crippen LogP contribution in [0.25, 0.3) is 0 Å². The van der Waals surface area contributed by atoms with Crippen molar-refractivity contribution >= 4 is 5.97 Å². The second-order valence-corrected chi connectivity index (χ2v) is 2.42. The molecule has 0 saturated carbocycles. The van der Waals surface area contributed by atoms with Gasteiger partial charge >= 0.3 is 5.97 Å². The van der Waals surface area contributed by atoms with Gasteiger partial charge in [0.25, 0.3) is 0 Å². The molecule has 0 heterocycles. The lowest BCUT2D eigenvalue weighted by atomic mass is 10.2. The van der Waals surface area contributed by atoms with E-state index in [9.17, 15) is 4.79 Å². The summed E-state index contributed by atoms with van der Waals surface area (Å²) in [5, 5.41) is 0. The highest BCUT2D eigenvalue weighted by Gasteiger charge is 2.06. The predicted molar refractivity (Wildman–Crippen MR) is 48.7 cm³/mol. The molecule has 0 amide bonds. The average molecular weight is 171 g/mol. The third kappa shape index (κ3) is 4.13. The molecule has 0 aromatic rings. The van der Waals surface area contributed by atoms with Crippen LogP contribution >= 0.6 is 0 Å². The third-order valence-corrected chi connectivity index (χ3v) is 1.44. The fourth-order valence-corrected chi connectivity index (χ4v) is 0.863. The van der Waals surface area contributed by atoms with Crippen LogP contribution in [0.2, 0.25) is 0 Å². The Morgan fingerprint density at radius 3 is 2.58 bits per heavy atom. The van der Waals surface area contributed by atoms with E-state index in [0.29, 0.717) is 13.2 Å². The summed E-state index contributed by atoms with van der Waals surface area (Å²) in [5.74, 6) is -0.232. The number of carbonyl (C=O) groups excluding carboxylic acids is 1. The number of ether oxygens (including phenoxy) is 1. The van der Waals surface area contributed by atoms with E-state index in [1.165, 1.54) is 0 Å². The summed E-state index contributed by atoms with van der Waals surface area (Å²) >= 11 is 0. The lowest BCUT2D eigenvalue weighted by molar-refractivity contribution is -0.138. The summed E-state index contributed by atoms with van der Waals surface area (Å²) in [5.41, 5.74) is 5.94. The quantitative estimate of drug-likeness (QED) is 0.500. The van der Waals surface area contributed by atoms with Gasteiger partial charge in [-0.25, -0.2) is 4.79 Å². The maximum atomic E-state index is 11.2. The molecule has 0 rings (SSSR count). The molecule has 0 saturated heterocycles. The minimum absolute atomic E-state index is 0.232. The third-order valence-electron chi connectivity index (χ3n) is 1.44. The van der Waals surface area contributed by atoms with Crippen LogP contribution in [0, 0.1) is 0 Å². The van der Waals surface area contributed by atoms with Gasteiger partial charge in [0.1, 0.15) is 6.61 Å². The van der Waals surface area contributed by atoms with Gasteiger partial charge in [0.2, 0.25) is 0 Å². The van der Waals surface area contributed by atoms with Crippen LogP contribution in [0.15, 0.2) is 11.6 Å². The number of hydrogen-bond acceptors (Lipinski definition) is 3. The summed E-state index contributed by atoms with van der Waals surface area (Å²) in [7, 11) is 0. The predicted octanol–water partition coefficient (Wildman–Crippen LogP) is 1.23. The van der Waals surface area contributed by atoms with E-state index in [0.717, 1.165) is 18.4 Å². The molecule has 0 aromatic carbocycles. The summed E-state index contributed by atoms with van der Waals surface area (Å²) in [6, 6.07) is 0. The van der Waals surface area contributed by atoms with Gasteiger partial charge in [-0.2, -0.15) is 0 Å². The fourth-order valence-electron chi connectivity index (χ4n) is 0.863. The fraction of sp³-hybridized carbons (Fsp3) is 0.667. The summed E-state index contributed by atoms with van der Waals surface area (Å²) < 4.78 is 4.86. The van der Waals surface area contributed by atoms with Crippen molar-refractivity contribution in [1.82, 2.24) is 0 Å². The summed E-state index contributed by atoms with van der Waals surface area (Å²) in [6.45, 7) is 4.62. The van der Waals surface area contributed by atoms with E-state index in [2.05, 4.69) is 0 Å². The lowest BCUT2D eigenvalue weighted by Crippen LogP contribution is -2.14. The second kappa shape index (κ2) is 6.85. The van der Waals surface area contributed by atoms with Crippen molar-refractivity contribution < 1.29 is 9.53 Å². The number of carbonyl (C=O) groups is 1. The van der Waals surface area contributed by atoms with Crippen LogP contribution in [0.1, 0.15) is 26.7 Å². The van der Waals surface area contributed by atoms with Crippen LogP contribution in [-0.2, 0) is 9.53 Å². The Kier molecular flexibility index (Phi) is 6.38. The molecule has 0 fully saturated rings. The molecule has 3 nitrogen and oxygen atoms in total. The summed E-state index contributed by atoms with van der Waals surface area (Å²) in [6.07, 6.45) is 3.47. The van der Waals surface area contributed by atoms with Crippen LogP contribution in [0.5, 0.6) is 0 Å². The molecule has 70 valence electrons. The number of esters is 1. The van der Waals surface area contributed by atoms with Gasteiger partial charge in [-0.15, -0.1) is 0 Å². The van der Waals surface area contributed by atoms with E-state index in [1.807, 2.05) is 19.9 Å². The van der Waals surface area contributed by atoms with E-state index in [4.69, 9.17) is 10.5 Å². The Balaban J connectivity index is 3.95. The zero-order chi connectivity index (χ0) is 9.40. The SMILES string of the molecule is CCC=C(CC)C(=O)OCCN. The molecule has 2 N–H and O–H groups in total. The highest BCUT2D eigenvalue weighted by Crippen LogP contribution is 2.04. The average Bonchev–Trinajstić information content (AvgIpc) is 2.10. The van der Waals surface area contributed by atoms with Crippen molar-refractivity contribution in [1.29, 1.82) is 0 Å². The van der Waals surface area contributed by atoms with Gasteiger partial charge in [0.15, 0.2) is 0 Å². The van der Waals surface area contributed by atoms with Crippen LogP contribution in [0.4, 0.5) is 0 Å². The van der Waals surface area contributed by atoms with Gasteiger partial charge in [-0.1, -0.05) is 19.9 Å². The highest BCUT2D eigenvalue weighted by molar-refractivity contribution is 5.88. The first-order valence-corrected chi connectivity index (χ1v) is 4.32. The molecule has 0 aliphatic heterocycles. The van der Waals surface area contributed by atoms with Gasteiger partial charge in [-0.3, -0.25) is 0 Å². The van der Waals surface area contributed by atoms with Crippen molar-refractivity contribution in [2.45, 2.75) is 26.7 Å². The van der Waals surface area contributed by atoms with E-state index in [1.54, 1.807) is 0 Å². The maximum Gasteiger partial charge on any atom is 0.333 e. The molecule has 0 aromatic heterocycles.